The number of benzene rings is 3. The fraction of sp³-hybridized carbons (Fsp3) is 0.375. The Morgan fingerprint density at radius 1 is 0.895 bits per heavy atom. The number of ether oxygens (including phenoxy) is 1. The van der Waals surface area contributed by atoms with Crippen LogP contribution in [0.1, 0.15) is 53.6 Å². The highest BCUT2D eigenvalue weighted by Crippen LogP contribution is 2.28. The predicted molar refractivity (Wildman–Crippen MR) is 153 cm³/mol. The minimum absolute atomic E-state index is 0.0667. The minimum Gasteiger partial charge on any atom is -0.379 e. The molecule has 0 atom stereocenters. The van der Waals surface area contributed by atoms with Crippen molar-refractivity contribution < 1.29 is 14.3 Å². The summed E-state index contributed by atoms with van der Waals surface area (Å²) in [6, 6.07) is 28.1. The molecule has 38 heavy (non-hydrogen) atoms. The average molecular weight is 514 g/mol. The number of urea groups is 1. The van der Waals surface area contributed by atoms with E-state index in [2.05, 4.69) is 58.7 Å². The number of nitrogens with zero attached hydrogens (tertiary/aromatic N) is 2. The van der Waals surface area contributed by atoms with Crippen molar-refractivity contribution in [3.8, 4) is 0 Å². The highest BCUT2D eigenvalue weighted by molar-refractivity contribution is 5.98. The van der Waals surface area contributed by atoms with Crippen molar-refractivity contribution in [3.05, 3.63) is 102 Å². The molecule has 3 aromatic rings. The van der Waals surface area contributed by atoms with E-state index in [1.807, 2.05) is 36.1 Å². The predicted octanol–water partition coefficient (Wildman–Crippen LogP) is 6.06. The van der Waals surface area contributed by atoms with E-state index in [9.17, 15) is 9.59 Å². The summed E-state index contributed by atoms with van der Waals surface area (Å²) in [7, 11) is 0. The zero-order valence-corrected chi connectivity index (χ0v) is 22.4. The third kappa shape index (κ3) is 8.01. The van der Waals surface area contributed by atoms with Gasteiger partial charge in [-0.25, -0.2) is 4.79 Å². The van der Waals surface area contributed by atoms with Gasteiger partial charge >= 0.3 is 6.03 Å². The van der Waals surface area contributed by atoms with Gasteiger partial charge in [0.1, 0.15) is 0 Å². The Kier molecular flexibility index (Phi) is 10.5. The Morgan fingerprint density at radius 3 is 2.18 bits per heavy atom. The molecule has 0 aromatic heterocycles. The molecular weight excluding hydrogens is 474 g/mol. The zero-order valence-electron chi connectivity index (χ0n) is 22.4. The quantitative estimate of drug-likeness (QED) is 0.299. The highest BCUT2D eigenvalue weighted by Gasteiger charge is 2.20. The van der Waals surface area contributed by atoms with E-state index >= 15 is 0 Å². The number of rotatable bonds is 12. The smallest absolute Gasteiger partial charge is 0.321 e. The second-order valence-corrected chi connectivity index (χ2v) is 9.74. The average Bonchev–Trinajstić information content (AvgIpc) is 2.97. The standard InChI is InChI=1S/C32H39N3O3/c1-2-31(36)28-15-9-16-29(25-28)33-32(37)35(19-10-18-34-21-23-38-24-22-34)20-17-30(26-11-5-3-6-12-26)27-13-7-4-8-14-27/h3-9,11-16,25,30H,2,10,17-24H2,1H3,(H,33,37). The highest BCUT2D eigenvalue weighted by atomic mass is 16.5. The first-order valence-electron chi connectivity index (χ1n) is 13.7. The van der Waals surface area contributed by atoms with Gasteiger partial charge in [0.15, 0.2) is 5.78 Å². The van der Waals surface area contributed by atoms with Crippen LogP contribution in [0, 0.1) is 0 Å². The molecule has 6 heteroatoms. The SMILES string of the molecule is CCC(=O)c1cccc(NC(=O)N(CCCN2CCOCC2)CCC(c2ccccc2)c2ccccc2)c1. The lowest BCUT2D eigenvalue weighted by Gasteiger charge is -2.29. The second-order valence-electron chi connectivity index (χ2n) is 9.74. The van der Waals surface area contributed by atoms with Gasteiger partial charge in [-0.1, -0.05) is 79.7 Å². The molecule has 1 N–H and O–H groups in total. The number of ketones is 1. The summed E-state index contributed by atoms with van der Waals surface area (Å²) >= 11 is 0. The van der Waals surface area contributed by atoms with Crippen LogP contribution >= 0.6 is 0 Å². The maximum atomic E-state index is 13.5. The van der Waals surface area contributed by atoms with Crippen LogP contribution in [0.3, 0.4) is 0 Å². The largest absolute Gasteiger partial charge is 0.379 e. The van der Waals surface area contributed by atoms with E-state index in [1.165, 1.54) is 11.1 Å². The van der Waals surface area contributed by atoms with Gasteiger partial charge in [0, 0.05) is 56.3 Å². The summed E-state index contributed by atoms with van der Waals surface area (Å²) in [5, 5.41) is 3.05. The molecule has 1 saturated heterocycles. The van der Waals surface area contributed by atoms with E-state index in [0.717, 1.165) is 45.7 Å². The van der Waals surface area contributed by atoms with E-state index < -0.39 is 0 Å². The first kappa shape index (κ1) is 27.6. The normalized spacial score (nSPS) is 13.8. The van der Waals surface area contributed by atoms with Gasteiger partial charge in [0.2, 0.25) is 0 Å². The molecular formula is C32H39N3O3. The number of anilines is 1. The number of hydrogen-bond acceptors (Lipinski definition) is 4. The van der Waals surface area contributed by atoms with Crippen LogP contribution in [-0.2, 0) is 4.74 Å². The summed E-state index contributed by atoms with van der Waals surface area (Å²) in [6.45, 7) is 7.49. The number of amides is 2. The molecule has 0 aliphatic carbocycles. The van der Waals surface area contributed by atoms with Crippen LogP contribution in [0.2, 0.25) is 0 Å². The van der Waals surface area contributed by atoms with Crippen molar-refractivity contribution >= 4 is 17.5 Å². The third-order valence-electron chi connectivity index (χ3n) is 7.14. The van der Waals surface area contributed by atoms with Gasteiger partial charge in [-0.2, -0.15) is 0 Å². The maximum Gasteiger partial charge on any atom is 0.321 e. The molecule has 0 bridgehead atoms. The van der Waals surface area contributed by atoms with Crippen molar-refractivity contribution in [3.63, 3.8) is 0 Å². The van der Waals surface area contributed by atoms with Crippen molar-refractivity contribution in [2.24, 2.45) is 0 Å². The number of carbonyl (C=O) groups is 2. The van der Waals surface area contributed by atoms with Gasteiger partial charge in [0.25, 0.3) is 0 Å². The first-order valence-corrected chi connectivity index (χ1v) is 13.7. The molecule has 1 aliphatic heterocycles. The summed E-state index contributed by atoms with van der Waals surface area (Å²) in [4.78, 5) is 30.0. The van der Waals surface area contributed by atoms with Gasteiger partial charge < -0.3 is 15.0 Å². The lowest BCUT2D eigenvalue weighted by atomic mass is 9.88. The Balaban J connectivity index is 1.47. The van der Waals surface area contributed by atoms with Crippen molar-refractivity contribution in [2.75, 3.05) is 51.3 Å². The van der Waals surface area contributed by atoms with Crippen molar-refractivity contribution in [1.29, 1.82) is 0 Å². The molecule has 6 nitrogen and oxygen atoms in total. The molecule has 0 spiro atoms. The topological polar surface area (TPSA) is 61.9 Å². The Bertz CT molecular complexity index is 1110. The summed E-state index contributed by atoms with van der Waals surface area (Å²) in [6.07, 6.45) is 2.14. The van der Waals surface area contributed by atoms with E-state index in [1.54, 1.807) is 12.1 Å². The molecule has 3 aromatic carbocycles. The number of Topliss-reactive ketones (excluding diaryl/α,β-unsaturated/α-hetero) is 1. The van der Waals surface area contributed by atoms with Crippen LogP contribution in [0.15, 0.2) is 84.9 Å². The Labute approximate surface area is 226 Å². The fourth-order valence-electron chi connectivity index (χ4n) is 4.98. The van der Waals surface area contributed by atoms with Crippen molar-refractivity contribution in [2.45, 2.75) is 32.1 Å². The number of morpholine rings is 1. The first-order chi connectivity index (χ1) is 18.6. The molecule has 0 radical (unpaired) electrons. The summed E-state index contributed by atoms with van der Waals surface area (Å²) in [5.74, 6) is 0.259. The lowest BCUT2D eigenvalue weighted by Crippen LogP contribution is -2.40. The summed E-state index contributed by atoms with van der Waals surface area (Å²) < 4.78 is 5.48. The van der Waals surface area contributed by atoms with Crippen molar-refractivity contribution in [1.82, 2.24) is 9.80 Å². The van der Waals surface area contributed by atoms with Crippen LogP contribution in [0.25, 0.3) is 0 Å². The molecule has 2 amide bonds. The maximum absolute atomic E-state index is 13.5. The van der Waals surface area contributed by atoms with E-state index in [-0.39, 0.29) is 17.7 Å². The number of nitrogens with one attached hydrogen (secondary N) is 1. The van der Waals surface area contributed by atoms with Crippen LogP contribution < -0.4 is 5.32 Å². The van der Waals surface area contributed by atoms with Crippen LogP contribution in [-0.4, -0.2) is 67.6 Å². The monoisotopic (exact) mass is 513 g/mol. The molecule has 1 aliphatic rings. The van der Waals surface area contributed by atoms with Gasteiger partial charge in [-0.05, 0) is 36.1 Å². The molecule has 0 unspecified atom stereocenters. The van der Waals surface area contributed by atoms with E-state index in [0.29, 0.717) is 30.8 Å². The van der Waals surface area contributed by atoms with Crippen LogP contribution in [0.4, 0.5) is 10.5 Å². The van der Waals surface area contributed by atoms with Crippen LogP contribution in [0.5, 0.6) is 0 Å². The van der Waals surface area contributed by atoms with Gasteiger partial charge in [0.05, 0.1) is 13.2 Å². The molecule has 1 fully saturated rings. The summed E-state index contributed by atoms with van der Waals surface area (Å²) in [5.41, 5.74) is 3.77. The Morgan fingerprint density at radius 2 is 1.55 bits per heavy atom. The van der Waals surface area contributed by atoms with E-state index in [4.69, 9.17) is 4.74 Å². The lowest BCUT2D eigenvalue weighted by molar-refractivity contribution is 0.0365. The molecule has 1 heterocycles. The Hall–Kier alpha value is -3.48. The third-order valence-corrected chi connectivity index (χ3v) is 7.14. The number of hydrogen-bond donors (Lipinski definition) is 1. The zero-order chi connectivity index (χ0) is 26.6. The minimum atomic E-state index is -0.132. The molecule has 200 valence electrons. The van der Waals surface area contributed by atoms with Gasteiger partial charge in [-0.3, -0.25) is 9.69 Å². The van der Waals surface area contributed by atoms with Gasteiger partial charge in [-0.15, -0.1) is 0 Å². The number of carbonyl (C=O) groups excluding carboxylic acids is 2. The molecule has 4 rings (SSSR count). The fourth-order valence-corrected chi connectivity index (χ4v) is 4.98. The molecule has 0 saturated carbocycles. The second kappa shape index (κ2) is 14.5.